The van der Waals surface area contributed by atoms with Crippen LogP contribution in [0.25, 0.3) is 0 Å². The molecule has 0 aromatic rings. The summed E-state index contributed by atoms with van der Waals surface area (Å²) in [4.78, 5) is 0. The van der Waals surface area contributed by atoms with E-state index in [1.807, 2.05) is 13.0 Å². The highest BCUT2D eigenvalue weighted by atomic mass is 16.3. The molecule has 0 radical (unpaired) electrons. The van der Waals surface area contributed by atoms with Gasteiger partial charge in [0, 0.05) is 6.42 Å². The summed E-state index contributed by atoms with van der Waals surface area (Å²) in [5, 5.41) is 9.78. The average molecular weight is 166 g/mol. The standard InChI is InChI=1S/C11H18O/c1-4-5-6-10-7-11(12,8-10)9(2)3/h7,12H,2,4-6,8H2,1,3H3. The average Bonchev–Trinajstić information content (AvgIpc) is 1.95. The van der Waals surface area contributed by atoms with Crippen LogP contribution in [0.4, 0.5) is 0 Å². The topological polar surface area (TPSA) is 20.2 Å². The predicted molar refractivity (Wildman–Crippen MR) is 52.0 cm³/mol. The number of hydrogen-bond acceptors (Lipinski definition) is 1. The minimum Gasteiger partial charge on any atom is -0.381 e. The Hall–Kier alpha value is -0.560. The van der Waals surface area contributed by atoms with Gasteiger partial charge in [-0.1, -0.05) is 25.5 Å². The minimum absolute atomic E-state index is 0.664. The van der Waals surface area contributed by atoms with Crippen LogP contribution in [-0.4, -0.2) is 10.7 Å². The lowest BCUT2D eigenvalue weighted by Crippen LogP contribution is -2.35. The highest BCUT2D eigenvalue weighted by Crippen LogP contribution is 2.37. The Morgan fingerprint density at radius 1 is 1.75 bits per heavy atom. The van der Waals surface area contributed by atoms with Crippen molar-refractivity contribution in [2.45, 2.75) is 45.1 Å². The van der Waals surface area contributed by atoms with E-state index in [0.29, 0.717) is 0 Å². The lowest BCUT2D eigenvalue weighted by molar-refractivity contribution is 0.107. The molecule has 12 heavy (non-hydrogen) atoms. The van der Waals surface area contributed by atoms with Crippen molar-refractivity contribution in [1.82, 2.24) is 0 Å². The van der Waals surface area contributed by atoms with Crippen LogP contribution < -0.4 is 0 Å². The van der Waals surface area contributed by atoms with Crippen LogP contribution in [0, 0.1) is 0 Å². The molecule has 0 aromatic heterocycles. The number of unbranched alkanes of at least 4 members (excludes halogenated alkanes) is 1. The van der Waals surface area contributed by atoms with Gasteiger partial charge in [0.05, 0.1) is 0 Å². The number of rotatable bonds is 4. The second-order valence-corrected chi connectivity index (χ2v) is 3.79. The lowest BCUT2D eigenvalue weighted by Gasteiger charge is -2.35. The van der Waals surface area contributed by atoms with Gasteiger partial charge in [-0.15, -0.1) is 0 Å². The molecule has 0 bridgehead atoms. The first kappa shape index (κ1) is 9.53. The SMILES string of the molecule is C=C(C)C1(O)C=C(CCCC)C1. The summed E-state index contributed by atoms with van der Waals surface area (Å²) in [7, 11) is 0. The molecule has 68 valence electrons. The normalized spacial score (nSPS) is 27.8. The Bertz CT molecular complexity index is 215. The van der Waals surface area contributed by atoms with E-state index in [0.717, 1.165) is 18.4 Å². The first-order valence-corrected chi connectivity index (χ1v) is 4.67. The van der Waals surface area contributed by atoms with Crippen molar-refractivity contribution in [1.29, 1.82) is 0 Å². The summed E-state index contributed by atoms with van der Waals surface area (Å²) < 4.78 is 0. The summed E-state index contributed by atoms with van der Waals surface area (Å²) in [6.07, 6.45) is 6.38. The molecule has 1 atom stereocenters. The maximum Gasteiger partial charge on any atom is 0.107 e. The molecule has 1 aliphatic carbocycles. The molecule has 1 nitrogen and oxygen atoms in total. The van der Waals surface area contributed by atoms with Crippen molar-refractivity contribution >= 4 is 0 Å². The maximum atomic E-state index is 9.78. The second-order valence-electron chi connectivity index (χ2n) is 3.79. The van der Waals surface area contributed by atoms with Crippen LogP contribution in [-0.2, 0) is 0 Å². The van der Waals surface area contributed by atoms with Crippen LogP contribution in [0.15, 0.2) is 23.8 Å². The summed E-state index contributed by atoms with van der Waals surface area (Å²) in [5.41, 5.74) is 1.59. The van der Waals surface area contributed by atoms with Gasteiger partial charge in [-0.25, -0.2) is 0 Å². The van der Waals surface area contributed by atoms with Crippen LogP contribution in [0.3, 0.4) is 0 Å². The van der Waals surface area contributed by atoms with Crippen LogP contribution >= 0.6 is 0 Å². The third kappa shape index (κ3) is 1.78. The molecular formula is C11H18O. The highest BCUT2D eigenvalue weighted by Gasteiger charge is 2.34. The van der Waals surface area contributed by atoms with E-state index in [4.69, 9.17) is 0 Å². The highest BCUT2D eigenvalue weighted by molar-refractivity contribution is 5.35. The summed E-state index contributed by atoms with van der Waals surface area (Å²) in [6.45, 7) is 7.84. The molecule has 1 unspecified atom stereocenters. The van der Waals surface area contributed by atoms with E-state index in [-0.39, 0.29) is 0 Å². The number of aliphatic hydroxyl groups is 1. The van der Waals surface area contributed by atoms with Gasteiger partial charge in [0.25, 0.3) is 0 Å². The maximum absolute atomic E-state index is 9.78. The second kappa shape index (κ2) is 3.44. The molecule has 0 fully saturated rings. The molecule has 0 aromatic carbocycles. The third-order valence-corrected chi connectivity index (χ3v) is 2.53. The van der Waals surface area contributed by atoms with Gasteiger partial charge in [0.1, 0.15) is 5.60 Å². The molecule has 0 heterocycles. The van der Waals surface area contributed by atoms with Gasteiger partial charge in [0.2, 0.25) is 0 Å². The zero-order valence-corrected chi connectivity index (χ0v) is 8.06. The zero-order valence-electron chi connectivity index (χ0n) is 8.06. The van der Waals surface area contributed by atoms with Gasteiger partial charge in [-0.3, -0.25) is 0 Å². The molecule has 1 N–H and O–H groups in total. The minimum atomic E-state index is -0.664. The first-order chi connectivity index (χ1) is 5.58. The van der Waals surface area contributed by atoms with Crippen molar-refractivity contribution in [2.75, 3.05) is 0 Å². The molecule has 1 aliphatic rings. The van der Waals surface area contributed by atoms with Gasteiger partial charge in [-0.2, -0.15) is 0 Å². The fourth-order valence-corrected chi connectivity index (χ4v) is 1.49. The van der Waals surface area contributed by atoms with E-state index in [9.17, 15) is 5.11 Å². The molecule has 1 heteroatoms. The molecule has 0 spiro atoms. The summed E-state index contributed by atoms with van der Waals surface area (Å²) in [6, 6.07) is 0. The predicted octanol–water partition coefficient (Wildman–Crippen LogP) is 2.81. The van der Waals surface area contributed by atoms with Crippen molar-refractivity contribution < 1.29 is 5.11 Å². The molecule has 0 aliphatic heterocycles. The fourth-order valence-electron chi connectivity index (χ4n) is 1.49. The molecule has 1 rings (SSSR count). The van der Waals surface area contributed by atoms with E-state index in [1.165, 1.54) is 18.4 Å². The van der Waals surface area contributed by atoms with Crippen LogP contribution in [0.1, 0.15) is 39.5 Å². The molecular weight excluding hydrogens is 148 g/mol. The van der Waals surface area contributed by atoms with Crippen LogP contribution in [0.2, 0.25) is 0 Å². The van der Waals surface area contributed by atoms with Crippen molar-refractivity contribution in [2.24, 2.45) is 0 Å². The Balaban J connectivity index is 2.42. The van der Waals surface area contributed by atoms with Gasteiger partial charge in [-0.05, 0) is 31.4 Å². The largest absolute Gasteiger partial charge is 0.381 e. The smallest absolute Gasteiger partial charge is 0.107 e. The Morgan fingerprint density at radius 3 is 2.75 bits per heavy atom. The van der Waals surface area contributed by atoms with E-state index < -0.39 is 5.60 Å². The monoisotopic (exact) mass is 166 g/mol. The molecule has 0 saturated heterocycles. The lowest BCUT2D eigenvalue weighted by atomic mass is 9.76. The van der Waals surface area contributed by atoms with Gasteiger partial charge >= 0.3 is 0 Å². The third-order valence-electron chi connectivity index (χ3n) is 2.53. The first-order valence-electron chi connectivity index (χ1n) is 4.67. The van der Waals surface area contributed by atoms with Gasteiger partial charge in [0.15, 0.2) is 0 Å². The van der Waals surface area contributed by atoms with Gasteiger partial charge < -0.3 is 5.11 Å². The zero-order chi connectivity index (χ0) is 9.19. The number of hydrogen-bond donors (Lipinski definition) is 1. The van der Waals surface area contributed by atoms with Crippen LogP contribution in [0.5, 0.6) is 0 Å². The molecule has 0 saturated carbocycles. The van der Waals surface area contributed by atoms with E-state index >= 15 is 0 Å². The molecule has 0 amide bonds. The summed E-state index contributed by atoms with van der Waals surface area (Å²) in [5.74, 6) is 0. The van der Waals surface area contributed by atoms with E-state index in [2.05, 4.69) is 13.5 Å². The van der Waals surface area contributed by atoms with E-state index in [1.54, 1.807) is 0 Å². The fraction of sp³-hybridized carbons (Fsp3) is 0.636. The Kier molecular flexibility index (Phi) is 2.73. The van der Waals surface area contributed by atoms with Crippen molar-refractivity contribution in [3.8, 4) is 0 Å². The quantitative estimate of drug-likeness (QED) is 0.637. The Labute approximate surface area is 74.8 Å². The Morgan fingerprint density at radius 2 is 2.33 bits per heavy atom. The summed E-state index contributed by atoms with van der Waals surface area (Å²) >= 11 is 0. The van der Waals surface area contributed by atoms with Crippen molar-refractivity contribution in [3.63, 3.8) is 0 Å². The van der Waals surface area contributed by atoms with Crippen molar-refractivity contribution in [3.05, 3.63) is 23.8 Å².